The summed E-state index contributed by atoms with van der Waals surface area (Å²) in [6, 6.07) is 39.5. The van der Waals surface area contributed by atoms with E-state index in [9.17, 15) is 37.5 Å². The van der Waals surface area contributed by atoms with E-state index in [0.29, 0.717) is 88.7 Å². The van der Waals surface area contributed by atoms with E-state index in [1.807, 2.05) is 58.0 Å². The van der Waals surface area contributed by atoms with Crippen molar-refractivity contribution in [2.45, 2.75) is 131 Å². The first-order chi connectivity index (χ1) is 47.8. The Labute approximate surface area is 584 Å². The molecule has 9 rings (SSSR count). The van der Waals surface area contributed by atoms with Gasteiger partial charge >= 0.3 is 0 Å². The normalized spacial score (nSPS) is 13.9. The number of rotatable bonds is 26. The van der Waals surface area contributed by atoms with Gasteiger partial charge in [0.05, 0.1) is 66.8 Å². The third-order valence-electron chi connectivity index (χ3n) is 15.6. The maximum Gasteiger partial charge on any atom is 0.257 e. The molecule has 0 spiro atoms. The first-order valence-corrected chi connectivity index (χ1v) is 32.8. The van der Waals surface area contributed by atoms with Gasteiger partial charge in [0, 0.05) is 76.9 Å². The number of hydrogen-bond donors (Lipinski definition) is 4. The zero-order valence-corrected chi connectivity index (χ0v) is 58.8. The molecule has 8 aromatic rings. The molecule has 23 heteroatoms. The van der Waals surface area contributed by atoms with Gasteiger partial charge < -0.3 is 59.1 Å². The zero-order valence-electron chi connectivity index (χ0n) is 58.8. The Morgan fingerprint density at radius 3 is 1.48 bits per heavy atom. The Bertz CT molecular complexity index is 3810. The van der Waals surface area contributed by atoms with Crippen molar-refractivity contribution >= 4 is 23.6 Å². The second-order valence-corrected chi connectivity index (χ2v) is 26.0. The van der Waals surface area contributed by atoms with Crippen molar-refractivity contribution in [1.82, 2.24) is 40.8 Å². The van der Waals surface area contributed by atoms with Gasteiger partial charge in [-0.25, -0.2) is 33.1 Å². The van der Waals surface area contributed by atoms with Gasteiger partial charge in [0.1, 0.15) is 43.9 Å². The highest BCUT2D eigenvalue weighted by Crippen LogP contribution is 2.27. The van der Waals surface area contributed by atoms with Gasteiger partial charge in [0.2, 0.25) is 17.6 Å². The Morgan fingerprint density at radius 1 is 0.550 bits per heavy atom. The minimum absolute atomic E-state index is 0.0357. The number of pyridine rings is 4. The van der Waals surface area contributed by atoms with Crippen LogP contribution in [-0.4, -0.2) is 126 Å². The molecule has 4 atom stereocenters. The van der Waals surface area contributed by atoms with Crippen molar-refractivity contribution in [2.24, 2.45) is 10.8 Å². The quantitative estimate of drug-likeness (QED) is 0.0394. The summed E-state index contributed by atoms with van der Waals surface area (Å²) in [4.78, 5) is 67.5. The monoisotopic (exact) mass is 1380 g/mol. The van der Waals surface area contributed by atoms with Crippen LogP contribution in [0.5, 0.6) is 29.3 Å². The molecular weight excluding hydrogens is 1290 g/mol. The van der Waals surface area contributed by atoms with Crippen molar-refractivity contribution < 1.29 is 70.6 Å². The maximum absolute atomic E-state index is 13.2. The highest BCUT2D eigenvalue weighted by molar-refractivity contribution is 5.95. The topological polar surface area (TPSA) is 244 Å². The first kappa shape index (κ1) is 79.0. The Balaban J connectivity index is 0.000000210. The summed E-state index contributed by atoms with van der Waals surface area (Å²) in [7, 11) is 6.41. The maximum atomic E-state index is 13.2. The third-order valence-corrected chi connectivity index (χ3v) is 15.6. The van der Waals surface area contributed by atoms with Crippen LogP contribution in [0.3, 0.4) is 0 Å². The fourth-order valence-corrected chi connectivity index (χ4v) is 9.54. The number of likely N-dealkylation sites (N-methyl/N-ethyl adjacent to an activating group) is 1. The lowest BCUT2D eigenvalue weighted by Gasteiger charge is -2.30. The molecule has 100 heavy (non-hydrogen) atoms. The predicted molar refractivity (Wildman–Crippen MR) is 375 cm³/mol. The summed E-state index contributed by atoms with van der Waals surface area (Å²) in [5.41, 5.74) is 4.96. The van der Waals surface area contributed by atoms with Gasteiger partial charge in [0.15, 0.2) is 5.75 Å². The molecule has 1 fully saturated rings. The van der Waals surface area contributed by atoms with E-state index < -0.39 is 6.10 Å². The summed E-state index contributed by atoms with van der Waals surface area (Å²) in [6.45, 7) is 16.9. The number of aliphatic hydroxyl groups is 1. The zero-order chi connectivity index (χ0) is 72.6. The lowest BCUT2D eigenvalue weighted by atomic mass is 9.87. The van der Waals surface area contributed by atoms with Crippen LogP contribution < -0.4 is 39.6 Å². The minimum atomic E-state index is -0.455. The molecule has 4 aromatic carbocycles. The van der Waals surface area contributed by atoms with Crippen molar-refractivity contribution in [3.8, 4) is 29.3 Å². The van der Waals surface area contributed by atoms with Gasteiger partial charge in [-0.05, 0) is 114 Å². The molecule has 1 saturated carbocycles. The highest BCUT2D eigenvalue weighted by Gasteiger charge is 2.28. The molecule has 1 aliphatic rings. The average molecular weight is 1380 g/mol. The van der Waals surface area contributed by atoms with Crippen molar-refractivity contribution in [3.63, 3.8) is 0 Å². The van der Waals surface area contributed by atoms with Crippen LogP contribution in [0.1, 0.15) is 144 Å². The number of aliphatic hydroxyl groups excluding tert-OH is 1. The van der Waals surface area contributed by atoms with Gasteiger partial charge in [-0.3, -0.25) is 19.2 Å². The summed E-state index contributed by atoms with van der Waals surface area (Å²) in [5, 5.41) is 18.7. The van der Waals surface area contributed by atoms with E-state index >= 15 is 0 Å². The van der Waals surface area contributed by atoms with Crippen LogP contribution in [-0.2, 0) is 35.9 Å². The average Bonchev–Trinajstić information content (AvgIpc) is 0.865. The molecule has 0 radical (unpaired) electrons. The smallest absolute Gasteiger partial charge is 0.257 e. The van der Waals surface area contributed by atoms with Crippen molar-refractivity contribution in [3.05, 3.63) is 232 Å². The van der Waals surface area contributed by atoms with Crippen LogP contribution in [0.4, 0.5) is 13.2 Å². The van der Waals surface area contributed by atoms with Crippen molar-refractivity contribution in [1.29, 1.82) is 0 Å². The van der Waals surface area contributed by atoms with E-state index in [4.69, 9.17) is 33.2 Å². The van der Waals surface area contributed by atoms with E-state index in [2.05, 4.69) is 56.7 Å². The molecule has 4 amide bonds. The number of benzene rings is 4. The van der Waals surface area contributed by atoms with Gasteiger partial charge in [-0.15, -0.1) is 0 Å². The lowest BCUT2D eigenvalue weighted by molar-refractivity contribution is 0.0632. The Hall–Kier alpha value is -9.97. The summed E-state index contributed by atoms with van der Waals surface area (Å²) >= 11 is 0. The van der Waals surface area contributed by atoms with Crippen LogP contribution in [0.15, 0.2) is 170 Å². The summed E-state index contributed by atoms with van der Waals surface area (Å²) in [5.74, 6) is 0.121. The molecule has 1 unspecified atom stereocenters. The number of carbonyl (C=O) groups excluding carboxylic acids is 4. The molecule has 1 aliphatic carbocycles. The second-order valence-electron chi connectivity index (χ2n) is 26.0. The van der Waals surface area contributed by atoms with Gasteiger partial charge in [-0.1, -0.05) is 121 Å². The molecule has 4 N–H and O–H groups in total. The highest BCUT2D eigenvalue weighted by atomic mass is 19.1. The number of methoxy groups -OCH3 is 3. The van der Waals surface area contributed by atoms with Gasteiger partial charge in [0.25, 0.3) is 29.5 Å². The largest absolute Gasteiger partial charge is 0.491 e. The summed E-state index contributed by atoms with van der Waals surface area (Å²) < 4.78 is 77.2. The molecule has 0 saturated heterocycles. The van der Waals surface area contributed by atoms with E-state index in [-0.39, 0.29) is 95.7 Å². The number of carbonyl (C=O) groups is 4. The number of halogens is 3. The number of nitrogens with zero attached hydrogens (tertiary/aromatic N) is 5. The molecule has 20 nitrogen and oxygen atoms in total. The van der Waals surface area contributed by atoms with Crippen molar-refractivity contribution in [2.75, 3.05) is 48.1 Å². The van der Waals surface area contributed by atoms with Crippen LogP contribution in [0.2, 0.25) is 0 Å². The van der Waals surface area contributed by atoms with Gasteiger partial charge in [-0.2, -0.15) is 0 Å². The number of ether oxygens (including phenoxy) is 7. The van der Waals surface area contributed by atoms with Crippen LogP contribution >= 0.6 is 0 Å². The first-order valence-electron chi connectivity index (χ1n) is 32.8. The number of hydrogen-bond acceptors (Lipinski definition) is 16. The standard InChI is InChI=1S/2C20H25FN2O3.C19H22N2O3.C18H21FN2O3/c1-20(2,3)8-9-22-18(24)15-11-17(25-4)19(23-12-15)26-13-14-6-5-7-16(21)10-14;1-20(2,3)17(13-25-4)23-19(24)15-8-9-18(22-11-15)26-12-14-6-5-7-16(21)10-14;22-17-9-5-4-8-16(17)21-19(23)15-10-11-18(20-12-15)24-13-14-6-2-1-3-7-14;1-13(11-23-3)21(2)18(22)15-7-8-17(20-10-15)24-12-14-5-4-6-16(19)9-14/h5-7,10-12H,8-9,13H2,1-4H3,(H,22,24);5-11,17H,12-13H2,1-4H3,(H,23,24);1-3,6-7,10-12,16-17,22H,4-5,8-9,13H2,(H,21,23);4-10,13H,11-12H2,1-3H3/t;17-;16-,17-;/m.10./s1. The van der Waals surface area contributed by atoms with E-state index in [0.717, 1.165) is 37.7 Å². The number of amides is 4. The molecule has 4 aromatic heterocycles. The van der Waals surface area contributed by atoms with Crippen LogP contribution in [0.25, 0.3) is 0 Å². The molecule has 534 valence electrons. The SMILES string of the molecule is COCC(C)N(C)C(=O)c1ccc(OCc2cccc(F)c2)nc1.COC[C@@H](NC(=O)c1ccc(OCc2cccc(F)c2)nc1)C(C)(C)C.COc1cc(C(=O)NCCC(C)(C)C)cnc1OCc1cccc(F)c1.O=C(N[C@H]1CCCC[C@@H]1O)c1ccc(OCc2ccccc2)nc1. The molecule has 0 bridgehead atoms. The Kier molecular flexibility index (Phi) is 31.8. The lowest BCUT2D eigenvalue weighted by Crippen LogP contribution is -2.46. The van der Waals surface area contributed by atoms with Crippen LogP contribution in [0, 0.1) is 28.3 Å². The minimum Gasteiger partial charge on any atom is -0.491 e. The third kappa shape index (κ3) is 27.7. The number of nitrogens with one attached hydrogen (secondary N) is 3. The number of aromatic nitrogens is 4. The molecule has 4 heterocycles. The fourth-order valence-electron chi connectivity index (χ4n) is 9.54. The molecule has 0 aliphatic heterocycles. The Morgan fingerprint density at radius 2 is 1.02 bits per heavy atom. The van der Waals surface area contributed by atoms with E-state index in [1.165, 1.54) is 68.3 Å². The predicted octanol–water partition coefficient (Wildman–Crippen LogP) is 13.2. The summed E-state index contributed by atoms with van der Waals surface area (Å²) in [6.07, 6.45) is 9.91. The second kappa shape index (κ2) is 40.2. The fraction of sp³-hybridized carbons (Fsp3) is 0.377. The van der Waals surface area contributed by atoms with E-state index in [1.54, 1.807) is 105 Å². The molecular formula is C77H93F3N8O12.